The quantitative estimate of drug-likeness (QED) is 0.828. The van der Waals surface area contributed by atoms with Gasteiger partial charge in [-0.3, -0.25) is 0 Å². The predicted octanol–water partition coefficient (Wildman–Crippen LogP) is 2.59. The Balaban J connectivity index is 2.38. The summed E-state index contributed by atoms with van der Waals surface area (Å²) in [6.07, 6.45) is 1.12. The predicted molar refractivity (Wildman–Crippen MR) is 72.9 cm³/mol. The second-order valence-corrected chi connectivity index (χ2v) is 6.01. The summed E-state index contributed by atoms with van der Waals surface area (Å²) in [7, 11) is 2.17. The van der Waals surface area contributed by atoms with Crippen LogP contribution in [-0.4, -0.2) is 30.6 Å². The van der Waals surface area contributed by atoms with Gasteiger partial charge in [-0.15, -0.1) is 11.3 Å². The van der Waals surface area contributed by atoms with Crippen molar-refractivity contribution in [2.75, 3.05) is 13.6 Å². The van der Waals surface area contributed by atoms with Gasteiger partial charge in [-0.25, -0.2) is 0 Å². The lowest BCUT2D eigenvalue weighted by Crippen LogP contribution is -2.43. The van der Waals surface area contributed by atoms with E-state index in [-0.39, 0.29) is 6.04 Å². The van der Waals surface area contributed by atoms with Gasteiger partial charge in [0.05, 0.1) is 0 Å². The van der Waals surface area contributed by atoms with Gasteiger partial charge in [0, 0.05) is 23.5 Å². The highest BCUT2D eigenvalue weighted by atomic mass is 32.1. The monoisotopic (exact) mass is 240 g/mol. The summed E-state index contributed by atoms with van der Waals surface area (Å²) >= 11 is 1.84. The molecule has 0 amide bonds. The van der Waals surface area contributed by atoms with Gasteiger partial charge in [0.2, 0.25) is 0 Å². The number of hydrogen-bond acceptors (Lipinski definition) is 3. The molecule has 1 aromatic rings. The average Bonchev–Trinajstić information content (AvgIpc) is 2.69. The zero-order chi connectivity index (χ0) is 12.1. The van der Waals surface area contributed by atoms with Crippen LogP contribution in [0.4, 0.5) is 0 Å². The van der Waals surface area contributed by atoms with Crippen molar-refractivity contribution < 1.29 is 0 Å². The zero-order valence-corrected chi connectivity index (χ0v) is 11.6. The third-order valence-corrected chi connectivity index (χ3v) is 4.08. The fraction of sp³-hybridized carbons (Fsp3) is 0.692. The molecule has 16 heavy (non-hydrogen) atoms. The van der Waals surface area contributed by atoms with E-state index in [9.17, 15) is 0 Å². The fourth-order valence-electron chi connectivity index (χ4n) is 1.60. The molecule has 0 aliphatic heterocycles. The van der Waals surface area contributed by atoms with Crippen LogP contribution in [0.2, 0.25) is 0 Å². The summed E-state index contributed by atoms with van der Waals surface area (Å²) in [4.78, 5) is 3.82. The largest absolute Gasteiger partial charge is 0.326 e. The van der Waals surface area contributed by atoms with Crippen LogP contribution in [-0.2, 0) is 6.42 Å². The summed E-state index contributed by atoms with van der Waals surface area (Å²) in [5, 5.41) is 2.14. The van der Waals surface area contributed by atoms with Crippen molar-refractivity contribution >= 4 is 11.3 Å². The Labute approximate surface area is 103 Å². The minimum atomic E-state index is 0.274. The highest BCUT2D eigenvalue weighted by Crippen LogP contribution is 2.14. The molecule has 1 aromatic heterocycles. The average molecular weight is 240 g/mol. The van der Waals surface area contributed by atoms with Crippen LogP contribution in [0.25, 0.3) is 0 Å². The van der Waals surface area contributed by atoms with Crippen molar-refractivity contribution in [1.82, 2.24) is 4.90 Å². The van der Waals surface area contributed by atoms with E-state index in [0.717, 1.165) is 13.0 Å². The van der Waals surface area contributed by atoms with Crippen molar-refractivity contribution in [3.8, 4) is 0 Å². The Morgan fingerprint density at radius 3 is 2.56 bits per heavy atom. The summed E-state index contributed by atoms with van der Waals surface area (Å²) in [5.41, 5.74) is 6.09. The molecular weight excluding hydrogens is 216 g/mol. The van der Waals surface area contributed by atoms with Crippen LogP contribution in [0.15, 0.2) is 17.5 Å². The normalized spacial score (nSPS) is 15.7. The molecule has 0 fully saturated rings. The third-order valence-electron chi connectivity index (χ3n) is 3.18. The van der Waals surface area contributed by atoms with Crippen molar-refractivity contribution in [3.63, 3.8) is 0 Å². The number of rotatable bonds is 6. The van der Waals surface area contributed by atoms with E-state index in [2.05, 4.69) is 50.2 Å². The Morgan fingerprint density at radius 2 is 2.06 bits per heavy atom. The molecule has 92 valence electrons. The van der Waals surface area contributed by atoms with Gasteiger partial charge in [-0.2, -0.15) is 0 Å². The number of nitrogens with zero attached hydrogens (tertiary/aromatic N) is 1. The van der Waals surface area contributed by atoms with Crippen LogP contribution in [0.3, 0.4) is 0 Å². The smallest absolute Gasteiger partial charge is 0.0191 e. The van der Waals surface area contributed by atoms with Crippen molar-refractivity contribution in [3.05, 3.63) is 22.4 Å². The van der Waals surface area contributed by atoms with E-state index in [1.807, 2.05) is 11.3 Å². The first-order valence-electron chi connectivity index (χ1n) is 5.99. The standard InChI is InChI=1S/C13H24N2S/c1-10(2)13(14)9-15(4)11(3)8-12-6-5-7-16-12/h5-7,10-11,13H,8-9,14H2,1-4H3. The summed E-state index contributed by atoms with van der Waals surface area (Å²) in [6.45, 7) is 7.61. The number of nitrogens with two attached hydrogens (primary N) is 1. The maximum absolute atomic E-state index is 6.09. The molecule has 3 heteroatoms. The van der Waals surface area contributed by atoms with Gasteiger partial charge in [0.1, 0.15) is 0 Å². The lowest BCUT2D eigenvalue weighted by molar-refractivity contribution is 0.225. The zero-order valence-electron chi connectivity index (χ0n) is 10.8. The van der Waals surface area contributed by atoms with Gasteiger partial charge in [-0.05, 0) is 37.8 Å². The van der Waals surface area contributed by atoms with Crippen LogP contribution in [0, 0.1) is 5.92 Å². The van der Waals surface area contributed by atoms with Gasteiger partial charge < -0.3 is 10.6 Å². The van der Waals surface area contributed by atoms with Gasteiger partial charge in [0.15, 0.2) is 0 Å². The third kappa shape index (κ3) is 4.24. The van der Waals surface area contributed by atoms with Gasteiger partial charge >= 0.3 is 0 Å². The first kappa shape index (κ1) is 13.7. The second-order valence-electron chi connectivity index (χ2n) is 4.98. The highest BCUT2D eigenvalue weighted by Gasteiger charge is 2.15. The van der Waals surface area contributed by atoms with E-state index in [1.54, 1.807) is 0 Å². The Kier molecular flexibility index (Phi) is 5.46. The van der Waals surface area contributed by atoms with Crippen LogP contribution < -0.4 is 5.73 Å². The van der Waals surface area contributed by atoms with Crippen molar-refractivity contribution in [1.29, 1.82) is 0 Å². The van der Waals surface area contributed by atoms with E-state index in [1.165, 1.54) is 4.88 Å². The van der Waals surface area contributed by atoms with Crippen LogP contribution in [0.5, 0.6) is 0 Å². The molecule has 0 aliphatic carbocycles. The number of thiophene rings is 1. The molecule has 0 radical (unpaired) electrons. The molecule has 0 spiro atoms. The molecule has 0 saturated heterocycles. The molecule has 0 saturated carbocycles. The molecule has 0 aliphatic rings. The van der Waals surface area contributed by atoms with E-state index in [4.69, 9.17) is 5.73 Å². The second kappa shape index (κ2) is 6.38. The Morgan fingerprint density at radius 1 is 1.38 bits per heavy atom. The summed E-state index contributed by atoms with van der Waals surface area (Å²) in [5.74, 6) is 0.552. The van der Waals surface area contributed by atoms with E-state index < -0.39 is 0 Å². The molecule has 2 N–H and O–H groups in total. The van der Waals surface area contributed by atoms with Gasteiger partial charge in [0.25, 0.3) is 0 Å². The minimum absolute atomic E-state index is 0.274. The topological polar surface area (TPSA) is 29.3 Å². The molecule has 0 aromatic carbocycles. The maximum atomic E-state index is 6.09. The SMILES string of the molecule is CC(C)C(N)CN(C)C(C)Cc1cccs1. The molecule has 2 nitrogen and oxygen atoms in total. The molecular formula is C13H24N2S. The molecule has 1 rings (SSSR count). The molecule has 2 unspecified atom stereocenters. The highest BCUT2D eigenvalue weighted by molar-refractivity contribution is 7.09. The lowest BCUT2D eigenvalue weighted by atomic mass is 10.0. The Hall–Kier alpha value is -0.380. The lowest BCUT2D eigenvalue weighted by Gasteiger charge is -2.28. The number of likely N-dealkylation sites (N-methyl/N-ethyl adjacent to an activating group) is 1. The Bertz CT molecular complexity index is 282. The van der Waals surface area contributed by atoms with Crippen LogP contribution >= 0.6 is 11.3 Å². The van der Waals surface area contributed by atoms with E-state index >= 15 is 0 Å². The summed E-state index contributed by atoms with van der Waals surface area (Å²) in [6, 6.07) is 5.16. The maximum Gasteiger partial charge on any atom is 0.0191 e. The van der Waals surface area contributed by atoms with Crippen molar-refractivity contribution in [2.45, 2.75) is 39.3 Å². The molecule has 0 bridgehead atoms. The van der Waals surface area contributed by atoms with Crippen LogP contribution in [0.1, 0.15) is 25.6 Å². The summed E-state index contributed by atoms with van der Waals surface area (Å²) < 4.78 is 0. The fourth-order valence-corrected chi connectivity index (χ4v) is 2.43. The minimum Gasteiger partial charge on any atom is -0.326 e. The molecule has 2 atom stereocenters. The first-order chi connectivity index (χ1) is 7.50. The number of hydrogen-bond donors (Lipinski definition) is 1. The van der Waals surface area contributed by atoms with Gasteiger partial charge in [-0.1, -0.05) is 19.9 Å². The van der Waals surface area contributed by atoms with Crippen molar-refractivity contribution in [2.24, 2.45) is 11.7 Å². The molecule has 1 heterocycles. The first-order valence-corrected chi connectivity index (χ1v) is 6.87. The van der Waals surface area contributed by atoms with E-state index in [0.29, 0.717) is 12.0 Å².